The number of aryl methyl sites for hydroxylation is 2. The molecule has 2 N–H and O–H groups in total. The second kappa shape index (κ2) is 8.56. The summed E-state index contributed by atoms with van der Waals surface area (Å²) in [5.74, 6) is -0.539. The van der Waals surface area contributed by atoms with Gasteiger partial charge in [-0.2, -0.15) is 23.5 Å². The van der Waals surface area contributed by atoms with Gasteiger partial charge in [0.15, 0.2) is 11.7 Å². The van der Waals surface area contributed by atoms with Crippen molar-refractivity contribution in [2.45, 2.75) is 51.9 Å². The number of aromatic nitrogens is 2. The molecule has 0 radical (unpaired) electrons. The Morgan fingerprint density at radius 3 is 2.64 bits per heavy atom. The van der Waals surface area contributed by atoms with Crippen LogP contribution in [-0.4, -0.2) is 21.9 Å². The normalized spacial score (nSPS) is 17.7. The monoisotopic (exact) mass is 473 g/mol. The predicted octanol–water partition coefficient (Wildman–Crippen LogP) is 5.91. The summed E-state index contributed by atoms with van der Waals surface area (Å²) >= 11 is 1.27. The van der Waals surface area contributed by atoms with Crippen molar-refractivity contribution in [3.8, 4) is 6.07 Å². The molecule has 1 amide bonds. The van der Waals surface area contributed by atoms with Gasteiger partial charge in [0.05, 0.1) is 11.6 Å². The maximum atomic E-state index is 13.9. The Morgan fingerprint density at radius 2 is 2.03 bits per heavy atom. The highest BCUT2D eigenvalue weighted by molar-refractivity contribution is 7.16. The van der Waals surface area contributed by atoms with Crippen molar-refractivity contribution in [2.75, 3.05) is 10.6 Å². The van der Waals surface area contributed by atoms with Crippen molar-refractivity contribution in [3.63, 3.8) is 0 Å². The fraction of sp³-hybridized carbons (Fsp3) is 0.348. The van der Waals surface area contributed by atoms with Crippen LogP contribution in [0.5, 0.6) is 0 Å². The Bertz CT molecular complexity index is 1240. The molecule has 1 aromatic carbocycles. The molecule has 1 aliphatic heterocycles. The summed E-state index contributed by atoms with van der Waals surface area (Å²) in [5, 5.41) is 19.6. The summed E-state index contributed by atoms with van der Waals surface area (Å²) < 4.78 is 42.5. The fourth-order valence-electron chi connectivity index (χ4n) is 4.08. The fourth-order valence-corrected chi connectivity index (χ4v) is 5.17. The summed E-state index contributed by atoms with van der Waals surface area (Å²) in [5.41, 5.74) is 2.82. The first kappa shape index (κ1) is 22.9. The molecule has 3 heterocycles. The van der Waals surface area contributed by atoms with Gasteiger partial charge in [-0.05, 0) is 31.4 Å². The maximum absolute atomic E-state index is 13.9. The molecule has 2 atom stereocenters. The van der Waals surface area contributed by atoms with Crippen molar-refractivity contribution in [3.05, 3.63) is 63.2 Å². The number of hydrogen-bond donors (Lipinski definition) is 2. The van der Waals surface area contributed by atoms with E-state index in [2.05, 4.69) is 21.8 Å². The number of hydrogen-bond acceptors (Lipinski definition) is 5. The quantitative estimate of drug-likeness (QED) is 0.494. The van der Waals surface area contributed by atoms with Crippen LogP contribution < -0.4 is 10.6 Å². The molecule has 0 bridgehead atoms. The number of nitriles is 1. The van der Waals surface area contributed by atoms with Crippen molar-refractivity contribution in [1.82, 2.24) is 9.78 Å². The van der Waals surface area contributed by atoms with Crippen LogP contribution in [0.4, 0.5) is 24.0 Å². The number of carbonyl (C=O) groups excluding carboxylic acids is 1. The van der Waals surface area contributed by atoms with Gasteiger partial charge in [0.1, 0.15) is 16.9 Å². The zero-order chi connectivity index (χ0) is 23.9. The van der Waals surface area contributed by atoms with Crippen LogP contribution in [0.1, 0.15) is 63.0 Å². The van der Waals surface area contributed by atoms with Gasteiger partial charge in [-0.25, -0.2) is 4.68 Å². The lowest BCUT2D eigenvalue weighted by Gasteiger charge is -2.33. The number of thiophene rings is 1. The third kappa shape index (κ3) is 4.33. The topological polar surface area (TPSA) is 82.7 Å². The molecule has 4 rings (SSSR count). The van der Waals surface area contributed by atoms with E-state index in [1.54, 1.807) is 12.1 Å². The Balaban J connectivity index is 1.66. The third-order valence-electron chi connectivity index (χ3n) is 5.80. The Morgan fingerprint density at radius 1 is 1.33 bits per heavy atom. The number of carbonyl (C=O) groups is 1. The largest absolute Gasteiger partial charge is 0.410 e. The lowest BCUT2D eigenvalue weighted by molar-refractivity contribution is -0.173. The SMILES string of the molecule is CCc1c(C)sc(NC(=O)c2cc3n(n2)[C@H](C(F)(F)F)C[C@H](c2ccc(C)cc2)N3)c1C#N. The van der Waals surface area contributed by atoms with Gasteiger partial charge in [0.2, 0.25) is 0 Å². The molecular formula is C23H22F3N5OS. The molecule has 6 nitrogen and oxygen atoms in total. The number of nitrogens with zero attached hydrogens (tertiary/aromatic N) is 3. The van der Waals surface area contributed by atoms with E-state index < -0.39 is 24.2 Å². The van der Waals surface area contributed by atoms with E-state index in [1.807, 2.05) is 32.9 Å². The number of benzene rings is 1. The van der Waals surface area contributed by atoms with Crippen LogP contribution in [0, 0.1) is 25.2 Å². The molecule has 33 heavy (non-hydrogen) atoms. The minimum atomic E-state index is -4.53. The minimum absolute atomic E-state index is 0.122. The summed E-state index contributed by atoms with van der Waals surface area (Å²) in [6, 6.07) is 8.29. The molecule has 0 saturated heterocycles. The molecule has 3 aromatic rings. The van der Waals surface area contributed by atoms with Crippen molar-refractivity contribution < 1.29 is 18.0 Å². The number of anilines is 2. The molecule has 0 unspecified atom stereocenters. The average molecular weight is 474 g/mol. The average Bonchev–Trinajstić information content (AvgIpc) is 3.32. The van der Waals surface area contributed by atoms with Crippen molar-refractivity contribution >= 4 is 28.1 Å². The summed E-state index contributed by atoms with van der Waals surface area (Å²) in [7, 11) is 0. The van der Waals surface area contributed by atoms with Gasteiger partial charge < -0.3 is 10.6 Å². The van der Waals surface area contributed by atoms with E-state index in [-0.39, 0.29) is 17.9 Å². The van der Waals surface area contributed by atoms with E-state index >= 15 is 0 Å². The van der Waals surface area contributed by atoms with Crippen LogP contribution in [0.25, 0.3) is 0 Å². The van der Waals surface area contributed by atoms with Crippen LogP contribution in [0.2, 0.25) is 0 Å². The smallest absolute Gasteiger partial charge is 0.363 e. The first-order valence-electron chi connectivity index (χ1n) is 10.5. The highest BCUT2D eigenvalue weighted by Gasteiger charge is 2.46. The molecule has 172 valence electrons. The minimum Gasteiger partial charge on any atom is -0.363 e. The van der Waals surface area contributed by atoms with E-state index in [9.17, 15) is 23.2 Å². The zero-order valence-electron chi connectivity index (χ0n) is 18.2. The Kier molecular flexibility index (Phi) is 5.93. The van der Waals surface area contributed by atoms with E-state index in [1.165, 1.54) is 17.4 Å². The van der Waals surface area contributed by atoms with Gasteiger partial charge in [-0.1, -0.05) is 36.8 Å². The van der Waals surface area contributed by atoms with E-state index in [0.717, 1.165) is 26.2 Å². The van der Waals surface area contributed by atoms with Gasteiger partial charge in [-0.15, -0.1) is 11.3 Å². The number of alkyl halides is 3. The molecule has 0 aliphatic carbocycles. The Labute approximate surface area is 193 Å². The van der Waals surface area contributed by atoms with Gasteiger partial charge in [0, 0.05) is 17.4 Å². The van der Waals surface area contributed by atoms with Crippen LogP contribution in [-0.2, 0) is 6.42 Å². The molecule has 1 aliphatic rings. The zero-order valence-corrected chi connectivity index (χ0v) is 19.1. The second-order valence-electron chi connectivity index (χ2n) is 8.02. The van der Waals surface area contributed by atoms with Gasteiger partial charge in [0.25, 0.3) is 5.91 Å². The van der Waals surface area contributed by atoms with E-state index in [4.69, 9.17) is 0 Å². The summed E-state index contributed by atoms with van der Waals surface area (Å²) in [6.07, 6.45) is -4.14. The maximum Gasteiger partial charge on any atom is 0.410 e. The summed E-state index contributed by atoms with van der Waals surface area (Å²) in [4.78, 5) is 13.8. The third-order valence-corrected chi connectivity index (χ3v) is 6.87. The highest BCUT2D eigenvalue weighted by Crippen LogP contribution is 2.43. The summed E-state index contributed by atoms with van der Waals surface area (Å²) in [6.45, 7) is 5.68. The predicted molar refractivity (Wildman–Crippen MR) is 121 cm³/mol. The molecule has 0 spiro atoms. The first-order chi connectivity index (χ1) is 15.6. The molecule has 0 saturated carbocycles. The molecule has 10 heteroatoms. The van der Waals surface area contributed by atoms with Crippen LogP contribution in [0.15, 0.2) is 30.3 Å². The molecular weight excluding hydrogens is 451 g/mol. The first-order valence-corrected chi connectivity index (χ1v) is 11.3. The van der Waals surface area contributed by atoms with Gasteiger partial charge >= 0.3 is 6.18 Å². The van der Waals surface area contributed by atoms with Crippen molar-refractivity contribution in [1.29, 1.82) is 5.26 Å². The van der Waals surface area contributed by atoms with Crippen molar-refractivity contribution in [2.24, 2.45) is 0 Å². The Hall–Kier alpha value is -3.32. The molecule has 0 fully saturated rings. The molecule has 2 aromatic heterocycles. The van der Waals surface area contributed by atoms with E-state index in [0.29, 0.717) is 17.0 Å². The number of halogens is 3. The number of amides is 1. The van der Waals surface area contributed by atoms with Crippen LogP contribution in [0.3, 0.4) is 0 Å². The lowest BCUT2D eigenvalue weighted by atomic mass is 9.96. The standard InChI is InChI=1S/C23H22F3N5OS/c1-4-15-13(3)33-22(16(15)11-27)29-21(32)18-10-20-28-17(14-7-5-12(2)6-8-14)9-19(23(24,25)26)31(20)30-18/h5-8,10,17,19,28H,4,9H2,1-3H3,(H,29,32)/t17-,19+/m1/s1. The number of rotatable bonds is 4. The number of fused-ring (bicyclic) bond motifs is 1. The van der Waals surface area contributed by atoms with Crippen LogP contribution >= 0.6 is 11.3 Å². The second-order valence-corrected chi connectivity index (χ2v) is 9.25. The highest BCUT2D eigenvalue weighted by atomic mass is 32.1. The number of nitrogens with one attached hydrogen (secondary N) is 2. The lowest BCUT2D eigenvalue weighted by Crippen LogP contribution is -2.35. The van der Waals surface area contributed by atoms with Gasteiger partial charge in [-0.3, -0.25) is 4.79 Å².